The van der Waals surface area contributed by atoms with Crippen molar-refractivity contribution in [1.29, 1.82) is 0 Å². The molecule has 2 N–H and O–H groups in total. The molecule has 0 aromatic heterocycles. The molecule has 0 aliphatic carbocycles. The van der Waals surface area contributed by atoms with E-state index in [4.69, 9.17) is 14.6 Å². The summed E-state index contributed by atoms with van der Waals surface area (Å²) in [6.07, 6.45) is -1.10. The lowest BCUT2D eigenvalue weighted by atomic mass is 10.1. The number of aromatic hydroxyl groups is 1. The molecule has 0 heterocycles. The van der Waals surface area contributed by atoms with Gasteiger partial charge in [0.25, 0.3) is 0 Å². The number of carboxylic acid groups (broad SMARTS) is 1. The van der Waals surface area contributed by atoms with E-state index in [-0.39, 0.29) is 23.5 Å². The van der Waals surface area contributed by atoms with Crippen molar-refractivity contribution in [3.8, 4) is 11.5 Å². The summed E-state index contributed by atoms with van der Waals surface area (Å²) in [7, 11) is 6.97. The maximum Gasteiger partial charge on any atom is 0.342 e. The van der Waals surface area contributed by atoms with Crippen LogP contribution >= 0.6 is 0 Å². The molecule has 1 atom stereocenters. The summed E-state index contributed by atoms with van der Waals surface area (Å²) in [4.78, 5) is 23.1. The maximum absolute atomic E-state index is 12.2. The number of rotatable bonds is 7. The van der Waals surface area contributed by atoms with Crippen LogP contribution in [0.2, 0.25) is 0 Å². The number of esters is 1. The number of hydrogen-bond acceptors (Lipinski definition) is 5. The molecule has 122 valence electrons. The molecule has 1 aromatic rings. The zero-order chi connectivity index (χ0) is 16.9. The number of carbonyl (C=O) groups is 2. The lowest BCUT2D eigenvalue weighted by molar-refractivity contribution is -0.873. The number of phenols is 1. The minimum absolute atomic E-state index is 0.0591. The molecule has 0 unspecified atom stereocenters. The number of para-hydroxylation sites is 1. The molecule has 0 bridgehead atoms. The van der Waals surface area contributed by atoms with Crippen LogP contribution < -0.4 is 4.74 Å². The van der Waals surface area contributed by atoms with Gasteiger partial charge in [0.1, 0.15) is 12.1 Å². The van der Waals surface area contributed by atoms with E-state index in [0.717, 1.165) is 0 Å². The Morgan fingerprint density at radius 2 is 1.91 bits per heavy atom. The van der Waals surface area contributed by atoms with Gasteiger partial charge in [-0.1, -0.05) is 6.07 Å². The summed E-state index contributed by atoms with van der Waals surface area (Å²) in [5, 5.41) is 18.9. The van der Waals surface area contributed by atoms with Crippen molar-refractivity contribution in [3.63, 3.8) is 0 Å². The number of aliphatic carboxylic acids is 1. The fourth-order valence-corrected chi connectivity index (χ4v) is 2.02. The fourth-order valence-electron chi connectivity index (χ4n) is 2.02. The van der Waals surface area contributed by atoms with Gasteiger partial charge in [0.05, 0.1) is 34.7 Å². The molecule has 0 amide bonds. The first-order valence-corrected chi connectivity index (χ1v) is 6.73. The van der Waals surface area contributed by atoms with Crippen LogP contribution in [0.15, 0.2) is 18.2 Å². The predicted molar refractivity (Wildman–Crippen MR) is 79.0 cm³/mol. The number of nitrogens with zero attached hydrogens (tertiary/aromatic N) is 1. The molecular weight excluding hydrogens is 290 g/mol. The molecule has 0 spiro atoms. The first kappa shape index (κ1) is 17.8. The molecular formula is C15H22NO6+. The van der Waals surface area contributed by atoms with Crippen molar-refractivity contribution in [3.05, 3.63) is 23.8 Å². The summed E-state index contributed by atoms with van der Waals surface area (Å²) in [5.41, 5.74) is -0.0591. The van der Waals surface area contributed by atoms with Gasteiger partial charge in [0.15, 0.2) is 17.6 Å². The molecule has 1 rings (SSSR count). The lowest BCUT2D eigenvalue weighted by Gasteiger charge is -2.28. The van der Waals surface area contributed by atoms with Gasteiger partial charge in [-0.2, -0.15) is 0 Å². The van der Waals surface area contributed by atoms with E-state index in [2.05, 4.69) is 0 Å². The van der Waals surface area contributed by atoms with Crippen LogP contribution in [-0.4, -0.2) is 67.5 Å². The summed E-state index contributed by atoms with van der Waals surface area (Å²) in [5.74, 6) is -2.01. The average molecular weight is 312 g/mol. The van der Waals surface area contributed by atoms with Crippen molar-refractivity contribution in [1.82, 2.24) is 0 Å². The van der Waals surface area contributed by atoms with Crippen LogP contribution in [0.5, 0.6) is 11.5 Å². The van der Waals surface area contributed by atoms with E-state index in [1.165, 1.54) is 19.2 Å². The molecule has 0 saturated heterocycles. The van der Waals surface area contributed by atoms with Gasteiger partial charge in [0.2, 0.25) is 0 Å². The molecule has 7 heteroatoms. The van der Waals surface area contributed by atoms with Crippen LogP contribution in [-0.2, 0) is 9.53 Å². The zero-order valence-corrected chi connectivity index (χ0v) is 13.2. The van der Waals surface area contributed by atoms with Gasteiger partial charge in [-0.3, -0.25) is 4.79 Å². The second-order valence-electron chi connectivity index (χ2n) is 5.95. The van der Waals surface area contributed by atoms with Crippen LogP contribution in [0.3, 0.4) is 0 Å². The van der Waals surface area contributed by atoms with Crippen molar-refractivity contribution in [2.75, 3.05) is 34.8 Å². The Labute approximate surface area is 129 Å². The predicted octanol–water partition coefficient (Wildman–Crippen LogP) is 1.11. The van der Waals surface area contributed by atoms with Gasteiger partial charge < -0.3 is 24.2 Å². The Kier molecular flexibility index (Phi) is 5.76. The van der Waals surface area contributed by atoms with E-state index in [1.54, 1.807) is 6.07 Å². The molecule has 0 fully saturated rings. The van der Waals surface area contributed by atoms with Crippen LogP contribution in [0, 0.1) is 0 Å². The van der Waals surface area contributed by atoms with Gasteiger partial charge in [0, 0.05) is 0 Å². The van der Waals surface area contributed by atoms with E-state index >= 15 is 0 Å². The van der Waals surface area contributed by atoms with Gasteiger partial charge in [-0.05, 0) is 12.1 Å². The second-order valence-corrected chi connectivity index (χ2v) is 5.95. The van der Waals surface area contributed by atoms with Crippen molar-refractivity contribution < 1.29 is 33.8 Å². The molecule has 22 heavy (non-hydrogen) atoms. The van der Waals surface area contributed by atoms with E-state index in [1.807, 2.05) is 21.1 Å². The van der Waals surface area contributed by atoms with E-state index in [9.17, 15) is 14.7 Å². The third-order valence-electron chi connectivity index (χ3n) is 2.87. The number of methoxy groups -OCH3 is 1. The Bertz CT molecular complexity index is 549. The lowest BCUT2D eigenvalue weighted by Crippen LogP contribution is -2.43. The first-order chi connectivity index (χ1) is 10.1. The number of hydrogen-bond donors (Lipinski definition) is 2. The zero-order valence-electron chi connectivity index (χ0n) is 13.2. The van der Waals surface area contributed by atoms with Gasteiger partial charge in [-0.15, -0.1) is 0 Å². The number of phenolic OH excluding ortho intramolecular Hbond substituents is 1. The number of quaternary nitrogens is 1. The highest BCUT2D eigenvalue weighted by molar-refractivity contribution is 5.93. The molecule has 1 aromatic carbocycles. The Morgan fingerprint density at radius 3 is 2.41 bits per heavy atom. The van der Waals surface area contributed by atoms with E-state index < -0.39 is 18.0 Å². The van der Waals surface area contributed by atoms with Crippen molar-refractivity contribution in [2.45, 2.75) is 12.5 Å². The largest absolute Gasteiger partial charge is 0.504 e. The average Bonchev–Trinajstić information content (AvgIpc) is 2.35. The Hall–Kier alpha value is -2.28. The molecule has 0 aliphatic rings. The maximum atomic E-state index is 12.2. The highest BCUT2D eigenvalue weighted by Crippen LogP contribution is 2.30. The highest BCUT2D eigenvalue weighted by atomic mass is 16.5. The minimum Gasteiger partial charge on any atom is -0.504 e. The summed E-state index contributed by atoms with van der Waals surface area (Å²) < 4.78 is 10.6. The third-order valence-corrected chi connectivity index (χ3v) is 2.87. The SMILES string of the molecule is COc1cccc(C(=O)O[C@H](CC(=O)O)C[N+](C)(C)C)c1O. The number of ether oxygens (including phenoxy) is 2. The number of benzene rings is 1. The number of carboxylic acids is 1. The second kappa shape index (κ2) is 7.13. The topological polar surface area (TPSA) is 93.1 Å². The van der Waals surface area contributed by atoms with Gasteiger partial charge >= 0.3 is 11.9 Å². The normalized spacial score (nSPS) is 12.5. The summed E-state index contributed by atoms with van der Waals surface area (Å²) in [6, 6.07) is 4.44. The van der Waals surface area contributed by atoms with E-state index in [0.29, 0.717) is 11.0 Å². The monoisotopic (exact) mass is 312 g/mol. The first-order valence-electron chi connectivity index (χ1n) is 6.73. The standard InChI is InChI=1S/C15H21NO6/c1-16(2,3)9-10(8-13(17)18)22-15(20)11-6-5-7-12(21-4)14(11)19/h5-7,10H,8-9H2,1-4H3,(H-,17,18,19,20)/p+1/t10-/m1/s1. The Morgan fingerprint density at radius 1 is 1.27 bits per heavy atom. The smallest absolute Gasteiger partial charge is 0.342 e. The van der Waals surface area contributed by atoms with Crippen LogP contribution in [0.1, 0.15) is 16.8 Å². The number of carbonyl (C=O) groups excluding carboxylic acids is 1. The third kappa shape index (κ3) is 5.25. The van der Waals surface area contributed by atoms with Crippen molar-refractivity contribution in [2.24, 2.45) is 0 Å². The summed E-state index contributed by atoms with van der Waals surface area (Å²) >= 11 is 0. The van der Waals surface area contributed by atoms with Gasteiger partial charge in [-0.25, -0.2) is 4.79 Å². The molecule has 0 saturated carbocycles. The highest BCUT2D eigenvalue weighted by Gasteiger charge is 2.27. The Balaban J connectivity index is 2.93. The van der Waals surface area contributed by atoms with Crippen LogP contribution in [0.4, 0.5) is 0 Å². The molecule has 0 aliphatic heterocycles. The minimum atomic E-state index is -1.05. The quantitative estimate of drug-likeness (QED) is 0.578. The summed E-state index contributed by atoms with van der Waals surface area (Å²) in [6.45, 7) is 0.336. The van der Waals surface area contributed by atoms with Crippen LogP contribution in [0.25, 0.3) is 0 Å². The molecule has 7 nitrogen and oxygen atoms in total. The fraction of sp³-hybridized carbons (Fsp3) is 0.467. The number of likely N-dealkylation sites (N-methyl/N-ethyl adjacent to an activating group) is 1. The van der Waals surface area contributed by atoms with Crippen molar-refractivity contribution >= 4 is 11.9 Å². The molecule has 0 radical (unpaired) electrons.